The van der Waals surface area contributed by atoms with Crippen LogP contribution in [0.1, 0.15) is 43.9 Å². The lowest BCUT2D eigenvalue weighted by molar-refractivity contribution is -0.122. The Balaban J connectivity index is 1.37. The quantitative estimate of drug-likeness (QED) is 0.675. The zero-order chi connectivity index (χ0) is 21.1. The maximum absolute atomic E-state index is 12.5. The number of hydrogen-bond donors (Lipinski definition) is 1. The van der Waals surface area contributed by atoms with Gasteiger partial charge in [-0.15, -0.1) is 10.2 Å². The molecule has 2 heterocycles. The number of carbonyl (C=O) groups excluding carboxylic acids is 1. The molecule has 0 unspecified atom stereocenters. The van der Waals surface area contributed by atoms with Gasteiger partial charge in [0.15, 0.2) is 11.5 Å². The van der Waals surface area contributed by atoms with Gasteiger partial charge in [-0.2, -0.15) is 4.80 Å². The van der Waals surface area contributed by atoms with E-state index >= 15 is 0 Å². The Morgan fingerprint density at radius 1 is 1.03 bits per heavy atom. The Morgan fingerprint density at radius 3 is 2.47 bits per heavy atom. The predicted molar refractivity (Wildman–Crippen MR) is 111 cm³/mol. The monoisotopic (exact) mass is 407 g/mol. The Bertz CT molecular complexity index is 1030. The smallest absolute Gasteiger partial charge is 0.244 e. The summed E-state index contributed by atoms with van der Waals surface area (Å²) in [6.45, 7) is 7.28. The molecule has 1 aromatic heterocycles. The van der Waals surface area contributed by atoms with Gasteiger partial charge in [0, 0.05) is 5.56 Å². The summed E-state index contributed by atoms with van der Waals surface area (Å²) in [7, 11) is 0. The minimum atomic E-state index is -0.198. The number of aromatic nitrogens is 4. The van der Waals surface area contributed by atoms with Crippen molar-refractivity contribution in [2.75, 3.05) is 13.2 Å². The number of fused-ring (bicyclic) bond motifs is 1. The van der Waals surface area contributed by atoms with Crippen molar-refractivity contribution in [3.8, 4) is 22.9 Å². The molecule has 0 radical (unpaired) electrons. The highest BCUT2D eigenvalue weighted by Crippen LogP contribution is 2.32. The number of nitrogens with zero attached hydrogens (tertiary/aromatic N) is 4. The van der Waals surface area contributed by atoms with Crippen LogP contribution in [0, 0.1) is 0 Å². The van der Waals surface area contributed by atoms with Crippen LogP contribution in [0.4, 0.5) is 0 Å². The molecule has 2 aromatic carbocycles. The van der Waals surface area contributed by atoms with E-state index in [1.165, 1.54) is 10.4 Å². The van der Waals surface area contributed by atoms with Crippen LogP contribution in [0.15, 0.2) is 42.5 Å². The molecule has 1 amide bonds. The summed E-state index contributed by atoms with van der Waals surface area (Å²) >= 11 is 0. The third kappa shape index (κ3) is 4.42. The lowest BCUT2D eigenvalue weighted by Gasteiger charge is -2.21. The molecule has 0 saturated heterocycles. The second-order valence-electron chi connectivity index (χ2n) is 7.61. The topological polar surface area (TPSA) is 91.2 Å². The van der Waals surface area contributed by atoms with Gasteiger partial charge in [-0.05, 0) is 41.3 Å². The Hall–Kier alpha value is -3.42. The first-order chi connectivity index (χ1) is 14.5. The fraction of sp³-hybridized carbons (Fsp3) is 0.364. The van der Waals surface area contributed by atoms with Crippen molar-refractivity contribution in [3.05, 3.63) is 53.6 Å². The number of ether oxygens (including phenoxy) is 2. The van der Waals surface area contributed by atoms with E-state index in [-0.39, 0.29) is 18.5 Å². The van der Waals surface area contributed by atoms with E-state index in [0.717, 1.165) is 16.9 Å². The predicted octanol–water partition coefficient (Wildman–Crippen LogP) is 3.11. The molecule has 1 atom stereocenters. The summed E-state index contributed by atoms with van der Waals surface area (Å²) in [6.07, 6.45) is 0. The highest BCUT2D eigenvalue weighted by Gasteiger charge is 2.17. The van der Waals surface area contributed by atoms with E-state index in [1.54, 1.807) is 0 Å². The van der Waals surface area contributed by atoms with Crippen LogP contribution in [0.25, 0.3) is 11.4 Å². The first-order valence-corrected chi connectivity index (χ1v) is 10.1. The van der Waals surface area contributed by atoms with E-state index < -0.39 is 0 Å². The first kappa shape index (κ1) is 19.9. The number of nitrogens with one attached hydrogen (secondary N) is 1. The molecule has 156 valence electrons. The van der Waals surface area contributed by atoms with Gasteiger partial charge >= 0.3 is 0 Å². The van der Waals surface area contributed by atoms with Crippen LogP contribution in [0.5, 0.6) is 11.5 Å². The fourth-order valence-corrected chi connectivity index (χ4v) is 3.27. The van der Waals surface area contributed by atoms with Crippen LogP contribution >= 0.6 is 0 Å². The van der Waals surface area contributed by atoms with Gasteiger partial charge in [0.1, 0.15) is 19.8 Å². The van der Waals surface area contributed by atoms with Crippen LogP contribution in [-0.4, -0.2) is 39.3 Å². The molecular weight excluding hydrogens is 382 g/mol. The van der Waals surface area contributed by atoms with E-state index in [0.29, 0.717) is 30.7 Å². The van der Waals surface area contributed by atoms with Crippen molar-refractivity contribution in [1.29, 1.82) is 0 Å². The van der Waals surface area contributed by atoms with E-state index in [4.69, 9.17) is 9.47 Å². The van der Waals surface area contributed by atoms with Gasteiger partial charge in [-0.1, -0.05) is 44.2 Å². The molecular formula is C22H25N5O3. The third-order valence-corrected chi connectivity index (χ3v) is 5.02. The van der Waals surface area contributed by atoms with Gasteiger partial charge in [-0.25, -0.2) is 0 Å². The van der Waals surface area contributed by atoms with E-state index in [1.807, 2.05) is 37.3 Å². The molecule has 8 nitrogen and oxygen atoms in total. The van der Waals surface area contributed by atoms with Crippen LogP contribution in [0.2, 0.25) is 0 Å². The normalized spacial score (nSPS) is 13.9. The maximum Gasteiger partial charge on any atom is 0.244 e. The number of benzene rings is 2. The van der Waals surface area contributed by atoms with Gasteiger partial charge in [0.25, 0.3) is 0 Å². The maximum atomic E-state index is 12.5. The molecule has 30 heavy (non-hydrogen) atoms. The van der Waals surface area contributed by atoms with Gasteiger partial charge in [0.2, 0.25) is 11.7 Å². The second-order valence-corrected chi connectivity index (χ2v) is 7.61. The van der Waals surface area contributed by atoms with Crippen molar-refractivity contribution < 1.29 is 14.3 Å². The average molecular weight is 407 g/mol. The summed E-state index contributed by atoms with van der Waals surface area (Å²) in [4.78, 5) is 13.8. The molecule has 3 aromatic rings. The molecule has 4 rings (SSSR count). The number of rotatable bonds is 6. The van der Waals surface area contributed by atoms with Crippen LogP contribution in [0.3, 0.4) is 0 Å². The van der Waals surface area contributed by atoms with Crippen molar-refractivity contribution in [1.82, 2.24) is 25.5 Å². The van der Waals surface area contributed by atoms with E-state index in [2.05, 4.69) is 46.7 Å². The van der Waals surface area contributed by atoms with Crippen molar-refractivity contribution >= 4 is 5.91 Å². The molecule has 0 saturated carbocycles. The lowest BCUT2D eigenvalue weighted by atomic mass is 10.0. The highest BCUT2D eigenvalue weighted by molar-refractivity contribution is 5.76. The molecule has 1 aliphatic heterocycles. The Morgan fingerprint density at radius 2 is 1.73 bits per heavy atom. The molecule has 0 bridgehead atoms. The van der Waals surface area contributed by atoms with Gasteiger partial charge in [-0.3, -0.25) is 4.79 Å². The van der Waals surface area contributed by atoms with Crippen LogP contribution in [-0.2, 0) is 11.3 Å². The number of carbonyl (C=O) groups is 1. The molecule has 0 fully saturated rings. The SMILES string of the molecule is CC(C)c1ccc(-c2nnn(CC(=O)N[C@@H](C)c3ccc4c(c3)OCCO4)n2)cc1. The first-order valence-electron chi connectivity index (χ1n) is 10.1. The summed E-state index contributed by atoms with van der Waals surface area (Å²) in [5.41, 5.74) is 3.06. The van der Waals surface area contributed by atoms with Crippen LogP contribution < -0.4 is 14.8 Å². The second kappa shape index (κ2) is 8.52. The van der Waals surface area contributed by atoms with E-state index in [9.17, 15) is 4.79 Å². The van der Waals surface area contributed by atoms with Crippen molar-refractivity contribution in [3.63, 3.8) is 0 Å². The minimum Gasteiger partial charge on any atom is -0.486 e. The number of amides is 1. The molecule has 0 aliphatic carbocycles. The highest BCUT2D eigenvalue weighted by atomic mass is 16.6. The fourth-order valence-electron chi connectivity index (χ4n) is 3.27. The average Bonchev–Trinajstić information content (AvgIpc) is 3.21. The molecule has 0 spiro atoms. The summed E-state index contributed by atoms with van der Waals surface area (Å²) < 4.78 is 11.1. The molecule has 1 aliphatic rings. The standard InChI is InChI=1S/C22H25N5O3/c1-14(2)16-4-6-17(7-5-16)22-24-26-27(25-22)13-21(28)23-15(3)18-8-9-19-20(12-18)30-11-10-29-19/h4-9,12,14-15H,10-11,13H2,1-3H3,(H,23,28)/t15-/m0/s1. The lowest BCUT2D eigenvalue weighted by Crippen LogP contribution is -2.31. The minimum absolute atomic E-state index is 0.00797. The number of tetrazole rings is 1. The third-order valence-electron chi connectivity index (χ3n) is 5.02. The van der Waals surface area contributed by atoms with Crippen molar-refractivity contribution in [2.45, 2.75) is 39.3 Å². The zero-order valence-electron chi connectivity index (χ0n) is 17.3. The largest absolute Gasteiger partial charge is 0.486 e. The van der Waals surface area contributed by atoms with Gasteiger partial charge in [0.05, 0.1) is 6.04 Å². The molecule has 1 N–H and O–H groups in total. The van der Waals surface area contributed by atoms with Crippen molar-refractivity contribution in [2.24, 2.45) is 0 Å². The number of hydrogen-bond acceptors (Lipinski definition) is 6. The summed E-state index contributed by atoms with van der Waals surface area (Å²) in [6, 6.07) is 13.5. The summed E-state index contributed by atoms with van der Waals surface area (Å²) in [5.74, 6) is 2.19. The van der Waals surface area contributed by atoms with Gasteiger partial charge < -0.3 is 14.8 Å². The molecule has 8 heteroatoms. The Labute approximate surface area is 175 Å². The Kier molecular flexibility index (Phi) is 5.65. The summed E-state index contributed by atoms with van der Waals surface area (Å²) in [5, 5.41) is 15.4. The zero-order valence-corrected chi connectivity index (χ0v) is 17.3.